The van der Waals surface area contributed by atoms with Gasteiger partial charge in [0.1, 0.15) is 30.0 Å². The van der Waals surface area contributed by atoms with Crippen molar-refractivity contribution in [2.75, 3.05) is 13.2 Å². The molecule has 2 atom stereocenters. The lowest BCUT2D eigenvalue weighted by Gasteiger charge is -2.29. The first-order valence-electron chi connectivity index (χ1n) is 8.23. The van der Waals surface area contributed by atoms with Gasteiger partial charge in [-0.05, 0) is 44.5 Å². The fourth-order valence-corrected chi connectivity index (χ4v) is 2.46. The summed E-state index contributed by atoms with van der Waals surface area (Å²) in [6.07, 6.45) is 0.478. The molecule has 0 saturated carbocycles. The van der Waals surface area contributed by atoms with E-state index in [9.17, 15) is 5.11 Å². The van der Waals surface area contributed by atoms with Gasteiger partial charge in [0.2, 0.25) is 0 Å². The number of ether oxygens (including phenoxy) is 1. The Hall–Kier alpha value is -1.78. The molecule has 0 fully saturated rings. The number of aryl methyl sites for hydroxylation is 1. The number of para-hydroxylation sites is 1. The molecule has 0 spiro atoms. The second kappa shape index (κ2) is 8.75. The summed E-state index contributed by atoms with van der Waals surface area (Å²) in [5.74, 6) is 2.62. The molecular formula is C19H27NO3. The number of aliphatic hydroxyl groups is 1. The second-order valence-corrected chi connectivity index (χ2v) is 5.98. The molecule has 2 rings (SSSR count). The Kier molecular flexibility index (Phi) is 6.68. The molecular weight excluding hydrogens is 290 g/mol. The lowest BCUT2D eigenvalue weighted by Crippen LogP contribution is -2.40. The first-order valence-corrected chi connectivity index (χ1v) is 8.23. The number of hydrogen-bond acceptors (Lipinski definition) is 4. The van der Waals surface area contributed by atoms with Crippen LogP contribution < -0.4 is 4.74 Å². The largest absolute Gasteiger partial charge is 0.491 e. The van der Waals surface area contributed by atoms with Crippen molar-refractivity contribution in [2.24, 2.45) is 0 Å². The first kappa shape index (κ1) is 17.6. The van der Waals surface area contributed by atoms with Crippen LogP contribution in [0.15, 0.2) is 46.9 Å². The summed E-state index contributed by atoms with van der Waals surface area (Å²) in [6, 6.07) is 13.9. The average molecular weight is 317 g/mol. The number of hydrogen-bond donors (Lipinski definition) is 1. The van der Waals surface area contributed by atoms with Gasteiger partial charge in [-0.1, -0.05) is 25.1 Å². The Labute approximate surface area is 138 Å². The maximum atomic E-state index is 10.3. The van der Waals surface area contributed by atoms with Gasteiger partial charge in [-0.15, -0.1) is 0 Å². The third-order valence-electron chi connectivity index (χ3n) is 4.00. The van der Waals surface area contributed by atoms with Gasteiger partial charge in [0.25, 0.3) is 0 Å². The van der Waals surface area contributed by atoms with E-state index in [1.807, 2.05) is 49.4 Å². The molecule has 0 aliphatic heterocycles. The lowest BCUT2D eigenvalue weighted by atomic mass is 10.2. The van der Waals surface area contributed by atoms with Gasteiger partial charge in [-0.25, -0.2) is 0 Å². The van der Waals surface area contributed by atoms with Crippen molar-refractivity contribution in [2.45, 2.75) is 45.9 Å². The maximum absolute atomic E-state index is 10.3. The molecule has 23 heavy (non-hydrogen) atoms. The van der Waals surface area contributed by atoms with Crippen molar-refractivity contribution in [3.63, 3.8) is 0 Å². The van der Waals surface area contributed by atoms with E-state index < -0.39 is 6.10 Å². The van der Waals surface area contributed by atoms with Gasteiger partial charge in [0.05, 0.1) is 6.54 Å². The number of rotatable bonds is 9. The highest BCUT2D eigenvalue weighted by atomic mass is 16.5. The monoisotopic (exact) mass is 317 g/mol. The fourth-order valence-electron chi connectivity index (χ4n) is 2.46. The normalized spacial score (nSPS) is 14.0. The van der Waals surface area contributed by atoms with Crippen LogP contribution in [0.25, 0.3) is 0 Å². The first-order chi connectivity index (χ1) is 11.1. The fraction of sp³-hybridized carbons (Fsp3) is 0.474. The molecule has 0 aliphatic rings. The van der Waals surface area contributed by atoms with Crippen molar-refractivity contribution in [1.29, 1.82) is 0 Å². The molecule has 0 aliphatic carbocycles. The second-order valence-electron chi connectivity index (χ2n) is 5.98. The number of furan rings is 1. The molecule has 0 amide bonds. The third-order valence-corrected chi connectivity index (χ3v) is 4.00. The zero-order valence-corrected chi connectivity index (χ0v) is 14.2. The summed E-state index contributed by atoms with van der Waals surface area (Å²) in [4.78, 5) is 2.23. The van der Waals surface area contributed by atoms with Crippen LogP contribution in [-0.2, 0) is 6.54 Å². The van der Waals surface area contributed by atoms with Gasteiger partial charge in [0, 0.05) is 12.6 Å². The number of aliphatic hydroxyl groups excluding tert-OH is 1. The van der Waals surface area contributed by atoms with E-state index in [-0.39, 0.29) is 6.61 Å². The Balaban J connectivity index is 1.88. The Morgan fingerprint density at radius 1 is 1.17 bits per heavy atom. The highest BCUT2D eigenvalue weighted by Crippen LogP contribution is 2.15. The molecule has 0 radical (unpaired) electrons. The van der Waals surface area contributed by atoms with Gasteiger partial charge in [0.15, 0.2) is 0 Å². The van der Waals surface area contributed by atoms with E-state index in [4.69, 9.17) is 9.15 Å². The van der Waals surface area contributed by atoms with Gasteiger partial charge >= 0.3 is 0 Å². The number of nitrogens with zero attached hydrogens (tertiary/aromatic N) is 1. The summed E-state index contributed by atoms with van der Waals surface area (Å²) in [6.45, 7) is 7.80. The molecule has 4 heteroatoms. The smallest absolute Gasteiger partial charge is 0.119 e. The summed E-state index contributed by atoms with van der Waals surface area (Å²) in [5.41, 5.74) is 0. The van der Waals surface area contributed by atoms with Crippen molar-refractivity contribution in [3.8, 4) is 5.75 Å². The van der Waals surface area contributed by atoms with E-state index in [1.165, 1.54) is 0 Å². The van der Waals surface area contributed by atoms with E-state index in [1.54, 1.807) is 0 Å². The van der Waals surface area contributed by atoms with Crippen LogP contribution in [0.5, 0.6) is 5.75 Å². The average Bonchev–Trinajstić information content (AvgIpc) is 2.97. The zero-order valence-electron chi connectivity index (χ0n) is 14.2. The Bertz CT molecular complexity index is 567. The molecule has 2 aromatic rings. The lowest BCUT2D eigenvalue weighted by molar-refractivity contribution is 0.0477. The highest BCUT2D eigenvalue weighted by molar-refractivity contribution is 5.20. The highest BCUT2D eigenvalue weighted by Gasteiger charge is 2.18. The quantitative estimate of drug-likeness (QED) is 0.767. The zero-order chi connectivity index (χ0) is 16.7. The van der Waals surface area contributed by atoms with E-state index in [0.717, 1.165) is 23.7 Å². The summed E-state index contributed by atoms with van der Waals surface area (Å²) in [5, 5.41) is 10.3. The molecule has 1 aromatic heterocycles. The van der Waals surface area contributed by atoms with Crippen molar-refractivity contribution >= 4 is 0 Å². The van der Waals surface area contributed by atoms with Crippen LogP contribution in [0.2, 0.25) is 0 Å². The van der Waals surface area contributed by atoms with Gasteiger partial charge in [-0.2, -0.15) is 0 Å². The molecule has 1 heterocycles. The molecule has 0 saturated heterocycles. The van der Waals surface area contributed by atoms with Crippen LogP contribution in [-0.4, -0.2) is 35.3 Å². The van der Waals surface area contributed by atoms with Gasteiger partial charge in [-0.3, -0.25) is 4.90 Å². The summed E-state index contributed by atoms with van der Waals surface area (Å²) < 4.78 is 11.3. The molecule has 1 N–H and O–H groups in total. The van der Waals surface area contributed by atoms with Crippen molar-refractivity contribution in [1.82, 2.24) is 4.90 Å². The van der Waals surface area contributed by atoms with Crippen molar-refractivity contribution < 1.29 is 14.3 Å². The predicted molar refractivity (Wildman–Crippen MR) is 91.6 cm³/mol. The molecule has 4 nitrogen and oxygen atoms in total. The molecule has 0 unspecified atom stereocenters. The Morgan fingerprint density at radius 2 is 1.91 bits per heavy atom. The van der Waals surface area contributed by atoms with Crippen LogP contribution >= 0.6 is 0 Å². The van der Waals surface area contributed by atoms with E-state index in [0.29, 0.717) is 19.1 Å². The number of benzene rings is 1. The predicted octanol–water partition coefficient (Wildman–Crippen LogP) is 3.63. The minimum atomic E-state index is -0.541. The van der Waals surface area contributed by atoms with Crippen LogP contribution in [0.1, 0.15) is 31.8 Å². The van der Waals surface area contributed by atoms with Crippen LogP contribution in [0.3, 0.4) is 0 Å². The topological polar surface area (TPSA) is 45.8 Å². The van der Waals surface area contributed by atoms with Crippen molar-refractivity contribution in [3.05, 3.63) is 54.0 Å². The minimum absolute atomic E-state index is 0.286. The SMILES string of the molecule is CC[C@@H](C)N(Cc1ccc(C)o1)C[C@@H](O)COc1ccccc1. The standard InChI is InChI=1S/C19H27NO3/c1-4-15(2)20(13-19-11-10-16(3)23-19)12-17(21)14-22-18-8-6-5-7-9-18/h5-11,15,17,21H,4,12-14H2,1-3H3/t15-,17-/m1/s1. The molecule has 0 bridgehead atoms. The van der Waals surface area contributed by atoms with Crippen LogP contribution in [0, 0.1) is 6.92 Å². The van der Waals surface area contributed by atoms with E-state index in [2.05, 4.69) is 18.7 Å². The molecule has 1 aromatic carbocycles. The van der Waals surface area contributed by atoms with Crippen LogP contribution in [0.4, 0.5) is 0 Å². The maximum Gasteiger partial charge on any atom is 0.119 e. The third kappa shape index (κ3) is 5.73. The summed E-state index contributed by atoms with van der Waals surface area (Å²) in [7, 11) is 0. The Morgan fingerprint density at radius 3 is 2.52 bits per heavy atom. The molecule has 126 valence electrons. The summed E-state index contributed by atoms with van der Waals surface area (Å²) >= 11 is 0. The minimum Gasteiger partial charge on any atom is -0.491 e. The van der Waals surface area contributed by atoms with Gasteiger partial charge < -0.3 is 14.3 Å². The van der Waals surface area contributed by atoms with E-state index >= 15 is 0 Å².